The van der Waals surface area contributed by atoms with Crippen LogP contribution in [0.1, 0.15) is 36.9 Å². The molecule has 2 aromatic rings. The quantitative estimate of drug-likeness (QED) is 0.686. The number of nitrogens with one attached hydrogen (secondary N) is 1. The predicted molar refractivity (Wildman–Crippen MR) is 132 cm³/mol. The van der Waals surface area contributed by atoms with Crippen LogP contribution in [0.3, 0.4) is 0 Å². The van der Waals surface area contributed by atoms with E-state index in [0.717, 1.165) is 64.1 Å². The highest BCUT2D eigenvalue weighted by Crippen LogP contribution is 2.27. The van der Waals surface area contributed by atoms with Crippen LogP contribution in [-0.4, -0.2) is 71.9 Å². The number of hydrogen-bond donors (Lipinski definition) is 1. The number of nitrogens with zero attached hydrogens (tertiary/aromatic N) is 4. The molecule has 0 radical (unpaired) electrons. The smallest absolute Gasteiger partial charge is 0.225 e. The lowest BCUT2D eigenvalue weighted by Crippen LogP contribution is -2.46. The van der Waals surface area contributed by atoms with E-state index in [4.69, 9.17) is 0 Å². The average molecular weight is 462 g/mol. The number of amides is 2. The van der Waals surface area contributed by atoms with Gasteiger partial charge in [0.2, 0.25) is 11.8 Å². The first-order valence-corrected chi connectivity index (χ1v) is 12.7. The summed E-state index contributed by atoms with van der Waals surface area (Å²) in [7, 11) is 0. The highest BCUT2D eigenvalue weighted by Gasteiger charge is 2.33. The summed E-state index contributed by atoms with van der Waals surface area (Å²) in [5.74, 6) is 0.206. The second-order valence-electron chi connectivity index (χ2n) is 9.82. The van der Waals surface area contributed by atoms with Crippen LogP contribution >= 0.6 is 0 Å². The number of rotatable bonds is 7. The van der Waals surface area contributed by atoms with Crippen LogP contribution in [-0.2, 0) is 22.6 Å². The maximum Gasteiger partial charge on any atom is 0.225 e. The standard InChI is InChI=1S/C27H35N5O2/c33-26(12-18-31-16-8-21-5-1-2-7-25(21)31)32-17-9-22(19-32)27(34)29-23-10-14-30(15-11-23)20-24-6-3-4-13-28-24/h1-7,13,22-23H,8-12,14-20H2,(H,29,34). The van der Waals surface area contributed by atoms with E-state index in [1.54, 1.807) is 0 Å². The molecule has 1 atom stereocenters. The van der Waals surface area contributed by atoms with Gasteiger partial charge in [-0.15, -0.1) is 0 Å². The van der Waals surface area contributed by atoms with Crippen LogP contribution < -0.4 is 10.2 Å². The molecule has 1 aromatic carbocycles. The first-order valence-electron chi connectivity index (χ1n) is 12.7. The maximum atomic E-state index is 12.9. The summed E-state index contributed by atoms with van der Waals surface area (Å²) in [6, 6.07) is 14.7. The molecular formula is C27H35N5O2. The van der Waals surface area contributed by atoms with E-state index in [2.05, 4.69) is 50.4 Å². The lowest BCUT2D eigenvalue weighted by atomic mass is 10.0. The minimum absolute atomic E-state index is 0.0805. The predicted octanol–water partition coefficient (Wildman–Crippen LogP) is 2.46. The Morgan fingerprint density at radius 2 is 1.79 bits per heavy atom. The fourth-order valence-corrected chi connectivity index (χ4v) is 5.50. The topological polar surface area (TPSA) is 68.8 Å². The maximum absolute atomic E-state index is 12.9. The van der Waals surface area contributed by atoms with E-state index in [0.29, 0.717) is 19.5 Å². The summed E-state index contributed by atoms with van der Waals surface area (Å²) >= 11 is 0. The molecular weight excluding hydrogens is 426 g/mol. The largest absolute Gasteiger partial charge is 0.370 e. The van der Waals surface area contributed by atoms with Gasteiger partial charge in [-0.1, -0.05) is 24.3 Å². The zero-order valence-electron chi connectivity index (χ0n) is 19.9. The molecule has 0 saturated carbocycles. The van der Waals surface area contributed by atoms with Gasteiger partial charge in [-0.3, -0.25) is 19.5 Å². The van der Waals surface area contributed by atoms with Crippen LogP contribution in [0.2, 0.25) is 0 Å². The molecule has 34 heavy (non-hydrogen) atoms. The number of aromatic nitrogens is 1. The monoisotopic (exact) mass is 461 g/mol. The molecule has 0 bridgehead atoms. The molecule has 1 aromatic heterocycles. The van der Waals surface area contributed by atoms with Gasteiger partial charge in [-0.05, 0) is 49.4 Å². The minimum Gasteiger partial charge on any atom is -0.370 e. The zero-order valence-corrected chi connectivity index (χ0v) is 19.9. The Morgan fingerprint density at radius 1 is 0.971 bits per heavy atom. The molecule has 2 amide bonds. The summed E-state index contributed by atoms with van der Waals surface area (Å²) in [5.41, 5.74) is 3.73. The molecule has 7 nitrogen and oxygen atoms in total. The van der Waals surface area contributed by atoms with Gasteiger partial charge in [0.15, 0.2) is 0 Å². The molecule has 0 aliphatic carbocycles. The normalized spacial score (nSPS) is 21.0. The van der Waals surface area contributed by atoms with E-state index in [1.165, 1.54) is 11.3 Å². The first kappa shape index (κ1) is 22.8. The van der Waals surface area contributed by atoms with Crippen molar-refractivity contribution in [3.63, 3.8) is 0 Å². The second-order valence-corrected chi connectivity index (χ2v) is 9.82. The fraction of sp³-hybridized carbons (Fsp3) is 0.519. The number of pyridine rings is 1. The number of carbonyl (C=O) groups is 2. The van der Waals surface area contributed by atoms with Gasteiger partial charge < -0.3 is 15.1 Å². The SMILES string of the molecule is O=C(NC1CCN(Cc2ccccn2)CC1)C1CCN(C(=O)CCN2CCc3ccccc32)C1. The van der Waals surface area contributed by atoms with Crippen molar-refractivity contribution >= 4 is 17.5 Å². The first-order chi connectivity index (χ1) is 16.7. The van der Waals surface area contributed by atoms with Gasteiger partial charge in [0.05, 0.1) is 11.6 Å². The van der Waals surface area contributed by atoms with E-state index in [9.17, 15) is 9.59 Å². The molecule has 1 unspecified atom stereocenters. The Hall–Kier alpha value is -2.93. The number of piperidine rings is 1. The molecule has 180 valence electrons. The van der Waals surface area contributed by atoms with Crippen molar-refractivity contribution in [1.82, 2.24) is 20.1 Å². The minimum atomic E-state index is -0.0805. The number of benzene rings is 1. The Morgan fingerprint density at radius 3 is 2.62 bits per heavy atom. The van der Waals surface area contributed by atoms with E-state index >= 15 is 0 Å². The Labute approximate surface area is 202 Å². The van der Waals surface area contributed by atoms with Gasteiger partial charge in [-0.2, -0.15) is 0 Å². The van der Waals surface area contributed by atoms with Crippen molar-refractivity contribution in [2.75, 3.05) is 44.2 Å². The Bertz CT molecular complexity index is 990. The lowest BCUT2D eigenvalue weighted by Gasteiger charge is -2.32. The Kier molecular flexibility index (Phi) is 7.09. The summed E-state index contributed by atoms with van der Waals surface area (Å²) < 4.78 is 0. The van der Waals surface area contributed by atoms with E-state index < -0.39 is 0 Å². The van der Waals surface area contributed by atoms with Crippen LogP contribution in [0.15, 0.2) is 48.7 Å². The van der Waals surface area contributed by atoms with Crippen molar-refractivity contribution in [2.24, 2.45) is 5.92 Å². The fourth-order valence-electron chi connectivity index (χ4n) is 5.50. The van der Waals surface area contributed by atoms with Crippen molar-refractivity contribution in [2.45, 2.75) is 44.7 Å². The second kappa shape index (κ2) is 10.6. The number of likely N-dealkylation sites (tertiary alicyclic amines) is 2. The van der Waals surface area contributed by atoms with Crippen LogP contribution in [0, 0.1) is 5.92 Å². The van der Waals surface area contributed by atoms with Gasteiger partial charge in [0, 0.05) is 70.2 Å². The molecule has 5 rings (SSSR count). The van der Waals surface area contributed by atoms with Crippen LogP contribution in [0.25, 0.3) is 0 Å². The molecule has 2 saturated heterocycles. The van der Waals surface area contributed by atoms with Gasteiger partial charge in [0.25, 0.3) is 0 Å². The molecule has 0 spiro atoms. The summed E-state index contributed by atoms with van der Waals surface area (Å²) in [6.45, 7) is 5.78. The summed E-state index contributed by atoms with van der Waals surface area (Å²) in [4.78, 5) is 36.7. The highest BCUT2D eigenvalue weighted by atomic mass is 16.2. The molecule has 2 fully saturated rings. The van der Waals surface area contributed by atoms with E-state index in [-0.39, 0.29) is 23.8 Å². The van der Waals surface area contributed by atoms with Gasteiger partial charge in [0.1, 0.15) is 0 Å². The zero-order chi connectivity index (χ0) is 23.3. The number of hydrogen-bond acceptors (Lipinski definition) is 5. The third-order valence-corrected chi connectivity index (χ3v) is 7.54. The third-order valence-electron chi connectivity index (χ3n) is 7.54. The van der Waals surface area contributed by atoms with Crippen molar-refractivity contribution < 1.29 is 9.59 Å². The lowest BCUT2D eigenvalue weighted by molar-refractivity contribution is -0.130. The molecule has 3 aliphatic heterocycles. The molecule has 1 N–H and O–H groups in total. The number of anilines is 1. The molecule has 7 heteroatoms. The Balaban J connectivity index is 1.02. The van der Waals surface area contributed by atoms with Crippen molar-refractivity contribution in [1.29, 1.82) is 0 Å². The highest BCUT2D eigenvalue weighted by molar-refractivity contribution is 5.82. The van der Waals surface area contributed by atoms with Crippen molar-refractivity contribution in [3.8, 4) is 0 Å². The third kappa shape index (κ3) is 5.41. The summed E-state index contributed by atoms with van der Waals surface area (Å²) in [6.07, 6.45) is 6.10. The number of fused-ring (bicyclic) bond motifs is 1. The molecule has 3 aliphatic rings. The molecule has 4 heterocycles. The van der Waals surface area contributed by atoms with Gasteiger partial charge >= 0.3 is 0 Å². The van der Waals surface area contributed by atoms with Crippen LogP contribution in [0.4, 0.5) is 5.69 Å². The number of para-hydroxylation sites is 1. The van der Waals surface area contributed by atoms with Crippen molar-refractivity contribution in [3.05, 3.63) is 59.9 Å². The van der Waals surface area contributed by atoms with Crippen LogP contribution in [0.5, 0.6) is 0 Å². The van der Waals surface area contributed by atoms with Gasteiger partial charge in [-0.25, -0.2) is 0 Å². The number of carbonyl (C=O) groups excluding carboxylic acids is 2. The van der Waals surface area contributed by atoms with E-state index in [1.807, 2.05) is 23.2 Å². The summed E-state index contributed by atoms with van der Waals surface area (Å²) in [5, 5.41) is 3.27. The average Bonchev–Trinajstić information content (AvgIpc) is 3.52.